The van der Waals surface area contributed by atoms with E-state index in [0.29, 0.717) is 5.69 Å². The van der Waals surface area contributed by atoms with Crippen LogP contribution in [0, 0.1) is 12.7 Å². The van der Waals surface area contributed by atoms with E-state index in [1.165, 1.54) is 0 Å². The standard InChI is InChI=1S/C13H10ClFN2O/c1-8-2-4-10(5-3-8)17-13(18)11-6-9(15)7-16-12(11)14/h2-7H,1H3,(H,17,18). The van der Waals surface area contributed by atoms with E-state index in [1.807, 2.05) is 19.1 Å². The molecule has 0 aliphatic carbocycles. The van der Waals surface area contributed by atoms with Crippen molar-refractivity contribution < 1.29 is 9.18 Å². The summed E-state index contributed by atoms with van der Waals surface area (Å²) in [7, 11) is 0. The molecule has 92 valence electrons. The predicted octanol–water partition coefficient (Wildman–Crippen LogP) is 3.43. The molecule has 0 spiro atoms. The molecule has 0 atom stereocenters. The van der Waals surface area contributed by atoms with Gasteiger partial charge in [-0.25, -0.2) is 9.37 Å². The highest BCUT2D eigenvalue weighted by molar-refractivity contribution is 6.33. The molecule has 1 aromatic carbocycles. The van der Waals surface area contributed by atoms with E-state index in [1.54, 1.807) is 12.1 Å². The van der Waals surface area contributed by atoms with Gasteiger partial charge >= 0.3 is 0 Å². The summed E-state index contributed by atoms with van der Waals surface area (Å²) in [5.41, 5.74) is 1.71. The number of benzene rings is 1. The van der Waals surface area contributed by atoms with Crippen molar-refractivity contribution in [3.63, 3.8) is 0 Å². The van der Waals surface area contributed by atoms with Crippen LogP contribution in [0.5, 0.6) is 0 Å². The molecule has 1 N–H and O–H groups in total. The first-order valence-electron chi connectivity index (χ1n) is 5.25. The summed E-state index contributed by atoms with van der Waals surface area (Å²) in [6, 6.07) is 8.29. The molecule has 5 heteroatoms. The van der Waals surface area contributed by atoms with Crippen LogP contribution in [-0.4, -0.2) is 10.9 Å². The predicted molar refractivity (Wildman–Crippen MR) is 68.3 cm³/mol. The number of aromatic nitrogens is 1. The average molecular weight is 265 g/mol. The van der Waals surface area contributed by atoms with Crippen molar-refractivity contribution in [2.75, 3.05) is 5.32 Å². The third-order valence-electron chi connectivity index (χ3n) is 2.36. The van der Waals surface area contributed by atoms with Gasteiger partial charge in [0.05, 0.1) is 11.8 Å². The smallest absolute Gasteiger partial charge is 0.258 e. The zero-order chi connectivity index (χ0) is 13.1. The van der Waals surface area contributed by atoms with Gasteiger partial charge in [-0.1, -0.05) is 29.3 Å². The Bertz CT molecular complexity index is 584. The Hall–Kier alpha value is -1.94. The summed E-state index contributed by atoms with van der Waals surface area (Å²) in [4.78, 5) is 15.5. The summed E-state index contributed by atoms with van der Waals surface area (Å²) >= 11 is 5.74. The van der Waals surface area contributed by atoms with Crippen molar-refractivity contribution >= 4 is 23.2 Å². The van der Waals surface area contributed by atoms with Crippen molar-refractivity contribution in [1.82, 2.24) is 4.98 Å². The Kier molecular flexibility index (Phi) is 3.58. The number of nitrogens with zero attached hydrogens (tertiary/aromatic N) is 1. The van der Waals surface area contributed by atoms with Crippen LogP contribution in [0.15, 0.2) is 36.5 Å². The molecule has 1 heterocycles. The Balaban J connectivity index is 2.21. The van der Waals surface area contributed by atoms with Gasteiger partial charge in [0.2, 0.25) is 0 Å². The van der Waals surface area contributed by atoms with Crippen LogP contribution < -0.4 is 5.32 Å². The Labute approximate surface area is 109 Å². The summed E-state index contributed by atoms with van der Waals surface area (Å²) < 4.78 is 13.0. The maximum Gasteiger partial charge on any atom is 0.258 e. The minimum Gasteiger partial charge on any atom is -0.322 e. The lowest BCUT2D eigenvalue weighted by Gasteiger charge is -2.06. The number of halogens is 2. The Morgan fingerprint density at radius 3 is 2.67 bits per heavy atom. The fourth-order valence-corrected chi connectivity index (χ4v) is 1.61. The lowest BCUT2D eigenvalue weighted by atomic mass is 10.2. The number of pyridine rings is 1. The van der Waals surface area contributed by atoms with Crippen LogP contribution in [-0.2, 0) is 0 Å². The zero-order valence-corrected chi connectivity index (χ0v) is 10.3. The van der Waals surface area contributed by atoms with Crippen molar-refractivity contribution in [2.24, 2.45) is 0 Å². The second kappa shape index (κ2) is 5.14. The van der Waals surface area contributed by atoms with Crippen molar-refractivity contribution in [1.29, 1.82) is 0 Å². The number of anilines is 1. The SMILES string of the molecule is Cc1ccc(NC(=O)c2cc(F)cnc2Cl)cc1. The summed E-state index contributed by atoms with van der Waals surface area (Å²) in [6.45, 7) is 1.94. The molecule has 0 fully saturated rings. The molecule has 0 aliphatic rings. The van der Waals surface area contributed by atoms with E-state index in [4.69, 9.17) is 11.6 Å². The van der Waals surface area contributed by atoms with Crippen LogP contribution in [0.4, 0.5) is 10.1 Å². The summed E-state index contributed by atoms with van der Waals surface area (Å²) in [6.07, 6.45) is 0.963. The van der Waals surface area contributed by atoms with Gasteiger partial charge in [0.25, 0.3) is 5.91 Å². The van der Waals surface area contributed by atoms with Gasteiger partial charge < -0.3 is 5.32 Å². The second-order valence-electron chi connectivity index (χ2n) is 3.81. The molecule has 0 saturated carbocycles. The molecule has 2 aromatic rings. The first-order chi connectivity index (χ1) is 8.56. The number of rotatable bonds is 2. The lowest BCUT2D eigenvalue weighted by Crippen LogP contribution is -2.13. The van der Waals surface area contributed by atoms with Crippen LogP contribution in [0.2, 0.25) is 5.15 Å². The fraction of sp³-hybridized carbons (Fsp3) is 0.0769. The van der Waals surface area contributed by atoms with Crippen LogP contribution >= 0.6 is 11.6 Å². The molecule has 1 aromatic heterocycles. The number of nitrogens with one attached hydrogen (secondary N) is 1. The second-order valence-corrected chi connectivity index (χ2v) is 4.17. The van der Waals surface area contributed by atoms with E-state index in [9.17, 15) is 9.18 Å². The highest BCUT2D eigenvalue weighted by Crippen LogP contribution is 2.16. The zero-order valence-electron chi connectivity index (χ0n) is 9.58. The molecular formula is C13H10ClFN2O. The van der Waals surface area contributed by atoms with E-state index in [-0.39, 0.29) is 10.7 Å². The van der Waals surface area contributed by atoms with Gasteiger partial charge in [0, 0.05) is 5.69 Å². The first kappa shape index (κ1) is 12.5. The first-order valence-corrected chi connectivity index (χ1v) is 5.63. The molecule has 0 aliphatic heterocycles. The number of amides is 1. The third-order valence-corrected chi connectivity index (χ3v) is 2.66. The van der Waals surface area contributed by atoms with Gasteiger partial charge in [-0.2, -0.15) is 0 Å². The average Bonchev–Trinajstić information content (AvgIpc) is 2.35. The minimum absolute atomic E-state index is 0.0113. The molecule has 2 rings (SSSR count). The van der Waals surface area contributed by atoms with E-state index >= 15 is 0 Å². The Morgan fingerprint density at radius 1 is 1.33 bits per heavy atom. The normalized spacial score (nSPS) is 10.2. The van der Waals surface area contributed by atoms with Gasteiger partial charge in [-0.15, -0.1) is 0 Å². The van der Waals surface area contributed by atoms with Crippen LogP contribution in [0.25, 0.3) is 0 Å². The number of hydrogen-bond donors (Lipinski definition) is 1. The number of carbonyl (C=O) groups is 1. The third kappa shape index (κ3) is 2.84. The van der Waals surface area contributed by atoms with Crippen LogP contribution in [0.3, 0.4) is 0 Å². The fourth-order valence-electron chi connectivity index (χ4n) is 1.42. The molecule has 18 heavy (non-hydrogen) atoms. The minimum atomic E-state index is -0.603. The summed E-state index contributed by atoms with van der Waals surface area (Å²) in [5.74, 6) is -1.09. The lowest BCUT2D eigenvalue weighted by molar-refractivity contribution is 0.102. The number of carbonyl (C=O) groups excluding carboxylic acids is 1. The monoisotopic (exact) mass is 264 g/mol. The number of hydrogen-bond acceptors (Lipinski definition) is 2. The van der Waals surface area contributed by atoms with Crippen LogP contribution in [0.1, 0.15) is 15.9 Å². The van der Waals surface area contributed by atoms with Crippen molar-refractivity contribution in [3.8, 4) is 0 Å². The van der Waals surface area contributed by atoms with Gasteiger partial charge in [0.15, 0.2) is 0 Å². The van der Waals surface area contributed by atoms with E-state index < -0.39 is 11.7 Å². The molecule has 0 bridgehead atoms. The molecule has 1 amide bonds. The van der Waals surface area contributed by atoms with Gasteiger partial charge in [-0.05, 0) is 25.1 Å². The summed E-state index contributed by atoms with van der Waals surface area (Å²) in [5, 5.41) is 2.60. The topological polar surface area (TPSA) is 42.0 Å². The maximum absolute atomic E-state index is 13.0. The molecule has 0 radical (unpaired) electrons. The highest BCUT2D eigenvalue weighted by atomic mass is 35.5. The largest absolute Gasteiger partial charge is 0.322 e. The quantitative estimate of drug-likeness (QED) is 0.845. The highest BCUT2D eigenvalue weighted by Gasteiger charge is 2.12. The molecule has 0 saturated heterocycles. The van der Waals surface area contributed by atoms with E-state index in [2.05, 4.69) is 10.3 Å². The van der Waals surface area contributed by atoms with Gasteiger partial charge in [0.1, 0.15) is 11.0 Å². The molecule has 0 unspecified atom stereocenters. The van der Waals surface area contributed by atoms with E-state index in [0.717, 1.165) is 17.8 Å². The van der Waals surface area contributed by atoms with Gasteiger partial charge in [-0.3, -0.25) is 4.79 Å². The molecule has 3 nitrogen and oxygen atoms in total. The molecular weight excluding hydrogens is 255 g/mol. The Morgan fingerprint density at radius 2 is 2.00 bits per heavy atom. The van der Waals surface area contributed by atoms with Crippen molar-refractivity contribution in [2.45, 2.75) is 6.92 Å². The van der Waals surface area contributed by atoms with Crippen molar-refractivity contribution in [3.05, 3.63) is 58.6 Å². The number of aryl methyl sites for hydroxylation is 1. The maximum atomic E-state index is 13.0.